The number of benzene rings is 1. The van der Waals surface area contributed by atoms with Gasteiger partial charge in [0.1, 0.15) is 17.9 Å². The van der Waals surface area contributed by atoms with Gasteiger partial charge in [0.05, 0.1) is 12.6 Å². The number of nitrogens with one attached hydrogen (secondary N) is 2. The Labute approximate surface area is 136 Å². The minimum Gasteiger partial charge on any atom is -0.491 e. The fourth-order valence-electron chi connectivity index (χ4n) is 2.01. The molecule has 0 aliphatic heterocycles. The molecule has 0 bridgehead atoms. The van der Waals surface area contributed by atoms with E-state index in [0.29, 0.717) is 13.1 Å². The van der Waals surface area contributed by atoms with Crippen LogP contribution in [-0.2, 0) is 20.1 Å². The van der Waals surface area contributed by atoms with Crippen molar-refractivity contribution in [2.24, 2.45) is 12.0 Å². The zero-order valence-corrected chi connectivity index (χ0v) is 14.1. The molecule has 0 spiro atoms. The molecule has 0 radical (unpaired) electrons. The van der Waals surface area contributed by atoms with Gasteiger partial charge in [-0.25, -0.2) is 4.98 Å². The monoisotopic (exact) mass is 316 g/mol. The second-order valence-corrected chi connectivity index (χ2v) is 5.39. The maximum Gasteiger partial charge on any atom is 0.191 e. The highest BCUT2D eigenvalue weighted by Crippen LogP contribution is 2.13. The lowest BCUT2D eigenvalue weighted by atomic mass is 10.2. The summed E-state index contributed by atoms with van der Waals surface area (Å²) in [5, 5.41) is 10.5. The minimum atomic E-state index is 0.183. The summed E-state index contributed by atoms with van der Waals surface area (Å²) in [5.41, 5.74) is 1.16. The zero-order valence-electron chi connectivity index (χ0n) is 14.1. The fraction of sp³-hybridized carbons (Fsp3) is 0.438. The van der Waals surface area contributed by atoms with Crippen molar-refractivity contribution in [1.82, 2.24) is 25.4 Å². The van der Waals surface area contributed by atoms with Gasteiger partial charge in [-0.1, -0.05) is 12.1 Å². The molecule has 0 aliphatic carbocycles. The van der Waals surface area contributed by atoms with Gasteiger partial charge < -0.3 is 15.4 Å². The molecule has 1 aromatic carbocycles. The normalized spacial score (nSPS) is 11.6. The Morgan fingerprint density at radius 1 is 1.22 bits per heavy atom. The van der Waals surface area contributed by atoms with Crippen molar-refractivity contribution in [2.75, 3.05) is 7.05 Å². The molecule has 0 aliphatic rings. The van der Waals surface area contributed by atoms with E-state index >= 15 is 0 Å². The van der Waals surface area contributed by atoms with E-state index in [1.54, 1.807) is 11.7 Å². The van der Waals surface area contributed by atoms with Gasteiger partial charge in [-0.05, 0) is 31.5 Å². The fourth-order valence-corrected chi connectivity index (χ4v) is 2.01. The molecule has 124 valence electrons. The molecule has 0 atom stereocenters. The van der Waals surface area contributed by atoms with Crippen molar-refractivity contribution in [2.45, 2.75) is 33.0 Å². The van der Waals surface area contributed by atoms with Gasteiger partial charge in [-0.2, -0.15) is 5.10 Å². The number of rotatable bonds is 6. The van der Waals surface area contributed by atoms with Crippen LogP contribution in [0, 0.1) is 0 Å². The topological polar surface area (TPSA) is 76.4 Å². The van der Waals surface area contributed by atoms with Crippen molar-refractivity contribution in [3.05, 3.63) is 42.0 Å². The highest BCUT2D eigenvalue weighted by atomic mass is 16.5. The Balaban J connectivity index is 1.82. The van der Waals surface area contributed by atoms with Gasteiger partial charge in [-0.15, -0.1) is 0 Å². The highest BCUT2D eigenvalue weighted by Gasteiger charge is 2.03. The number of hydrogen-bond acceptors (Lipinski definition) is 4. The molecule has 0 saturated carbocycles. The molecule has 2 N–H and O–H groups in total. The predicted octanol–water partition coefficient (Wildman–Crippen LogP) is 1.47. The van der Waals surface area contributed by atoms with Crippen LogP contribution < -0.4 is 15.4 Å². The second kappa shape index (κ2) is 8.17. The van der Waals surface area contributed by atoms with E-state index < -0.39 is 0 Å². The van der Waals surface area contributed by atoms with Crippen molar-refractivity contribution in [3.8, 4) is 5.75 Å². The van der Waals surface area contributed by atoms with E-state index in [0.717, 1.165) is 23.1 Å². The van der Waals surface area contributed by atoms with Crippen LogP contribution in [0.15, 0.2) is 35.6 Å². The summed E-state index contributed by atoms with van der Waals surface area (Å²) in [6.07, 6.45) is 1.72. The Hall–Kier alpha value is -2.57. The van der Waals surface area contributed by atoms with Crippen molar-refractivity contribution in [3.63, 3.8) is 0 Å². The Bertz CT molecular complexity index is 632. The van der Waals surface area contributed by atoms with Gasteiger partial charge >= 0.3 is 0 Å². The lowest BCUT2D eigenvalue weighted by Gasteiger charge is -2.13. The van der Waals surface area contributed by atoms with Crippen LogP contribution in [0.5, 0.6) is 5.75 Å². The molecule has 2 rings (SSSR count). The summed E-state index contributed by atoms with van der Waals surface area (Å²) in [6, 6.07) is 8.04. The summed E-state index contributed by atoms with van der Waals surface area (Å²) in [5.74, 6) is 2.45. The second-order valence-electron chi connectivity index (χ2n) is 5.39. The third-order valence-corrected chi connectivity index (χ3v) is 3.20. The van der Waals surface area contributed by atoms with Crippen LogP contribution >= 0.6 is 0 Å². The molecule has 0 unspecified atom stereocenters. The molecular weight excluding hydrogens is 292 g/mol. The molecule has 0 fully saturated rings. The molecule has 1 aromatic heterocycles. The molecular formula is C16H24N6O. The molecule has 23 heavy (non-hydrogen) atoms. The first-order chi connectivity index (χ1) is 11.1. The molecule has 7 heteroatoms. The van der Waals surface area contributed by atoms with Crippen LogP contribution in [0.2, 0.25) is 0 Å². The number of ether oxygens (including phenoxy) is 1. The first-order valence-corrected chi connectivity index (χ1v) is 7.61. The van der Waals surface area contributed by atoms with E-state index in [2.05, 4.69) is 25.7 Å². The van der Waals surface area contributed by atoms with Crippen molar-refractivity contribution >= 4 is 5.96 Å². The minimum absolute atomic E-state index is 0.183. The number of nitrogens with zero attached hydrogens (tertiary/aromatic N) is 4. The van der Waals surface area contributed by atoms with Gasteiger partial charge in [0.15, 0.2) is 5.96 Å². The number of aromatic nitrogens is 3. The average Bonchev–Trinajstić information content (AvgIpc) is 2.94. The molecule has 7 nitrogen and oxygen atoms in total. The number of hydrogen-bond donors (Lipinski definition) is 2. The Kier molecular flexibility index (Phi) is 5.96. The van der Waals surface area contributed by atoms with Crippen LogP contribution in [0.1, 0.15) is 25.2 Å². The van der Waals surface area contributed by atoms with E-state index in [4.69, 9.17) is 4.74 Å². The SMILES string of the molecule is CN=C(NCc1ccc(OC(C)C)cc1)NCc1ncnn1C. The maximum atomic E-state index is 5.64. The van der Waals surface area contributed by atoms with E-state index in [-0.39, 0.29) is 6.10 Å². The van der Waals surface area contributed by atoms with Crippen LogP contribution in [0.3, 0.4) is 0 Å². The standard InChI is InChI=1S/C16H24N6O/c1-12(2)23-14-7-5-13(6-8-14)9-18-16(17-3)19-10-15-20-11-21-22(15)4/h5-8,11-12H,9-10H2,1-4H3,(H2,17,18,19). The lowest BCUT2D eigenvalue weighted by molar-refractivity contribution is 0.242. The Morgan fingerprint density at radius 3 is 2.48 bits per heavy atom. The third kappa shape index (κ3) is 5.28. The summed E-state index contributed by atoms with van der Waals surface area (Å²) >= 11 is 0. The van der Waals surface area contributed by atoms with Gasteiger partial charge in [0.2, 0.25) is 0 Å². The van der Waals surface area contributed by atoms with E-state index in [1.165, 1.54) is 6.33 Å². The van der Waals surface area contributed by atoms with Gasteiger partial charge in [0, 0.05) is 20.6 Å². The summed E-state index contributed by atoms with van der Waals surface area (Å²) in [6.45, 7) is 5.28. The average molecular weight is 316 g/mol. The third-order valence-electron chi connectivity index (χ3n) is 3.20. The largest absolute Gasteiger partial charge is 0.491 e. The van der Waals surface area contributed by atoms with E-state index in [1.807, 2.05) is 45.2 Å². The first kappa shape index (κ1) is 16.8. The number of aryl methyl sites for hydroxylation is 1. The van der Waals surface area contributed by atoms with Crippen LogP contribution in [0.4, 0.5) is 0 Å². The Morgan fingerprint density at radius 2 is 1.91 bits per heavy atom. The van der Waals surface area contributed by atoms with E-state index in [9.17, 15) is 0 Å². The molecule has 2 aromatic rings. The first-order valence-electron chi connectivity index (χ1n) is 7.61. The van der Waals surface area contributed by atoms with Gasteiger partial charge in [-0.3, -0.25) is 9.67 Å². The lowest BCUT2D eigenvalue weighted by Crippen LogP contribution is -2.36. The van der Waals surface area contributed by atoms with Crippen molar-refractivity contribution < 1.29 is 4.74 Å². The van der Waals surface area contributed by atoms with Gasteiger partial charge in [0.25, 0.3) is 0 Å². The molecule has 0 saturated heterocycles. The number of aliphatic imine (C=N–C) groups is 1. The predicted molar refractivity (Wildman–Crippen MR) is 90.2 cm³/mol. The molecule has 0 amide bonds. The summed E-state index contributed by atoms with van der Waals surface area (Å²) in [4.78, 5) is 8.37. The number of guanidine groups is 1. The molecule has 1 heterocycles. The van der Waals surface area contributed by atoms with Crippen LogP contribution in [0.25, 0.3) is 0 Å². The summed E-state index contributed by atoms with van der Waals surface area (Å²) < 4.78 is 7.37. The highest BCUT2D eigenvalue weighted by molar-refractivity contribution is 5.79. The van der Waals surface area contributed by atoms with Crippen molar-refractivity contribution in [1.29, 1.82) is 0 Å². The smallest absolute Gasteiger partial charge is 0.191 e. The summed E-state index contributed by atoms with van der Waals surface area (Å²) in [7, 11) is 3.60. The maximum absolute atomic E-state index is 5.64. The quantitative estimate of drug-likeness (QED) is 0.623. The zero-order chi connectivity index (χ0) is 16.7. The van der Waals surface area contributed by atoms with Crippen LogP contribution in [-0.4, -0.2) is 33.9 Å².